The number of hydrogen-bond donors (Lipinski definition) is 2. The molecule has 2 heterocycles. The Morgan fingerprint density at radius 1 is 1.05 bits per heavy atom. The molecule has 0 bridgehead atoms. The van der Waals surface area contributed by atoms with Crippen LogP contribution in [0.2, 0.25) is 0 Å². The van der Waals surface area contributed by atoms with Crippen molar-refractivity contribution < 1.29 is 0 Å². The van der Waals surface area contributed by atoms with Gasteiger partial charge in [-0.1, -0.05) is 18.2 Å². The predicted octanol–water partition coefficient (Wildman–Crippen LogP) is 4.05. The zero-order valence-electron chi connectivity index (χ0n) is 12.5. The Hall–Kier alpha value is -1.55. The SMILES string of the molecule is Cc1[nH]c2ccccc2c1CCNCc1ccncc1.Cl.Cl. The molecule has 0 fully saturated rings. The van der Waals surface area contributed by atoms with Gasteiger partial charge in [0.2, 0.25) is 0 Å². The lowest BCUT2D eigenvalue weighted by Crippen LogP contribution is -2.16. The van der Waals surface area contributed by atoms with Gasteiger partial charge in [0.1, 0.15) is 0 Å². The maximum Gasteiger partial charge on any atom is 0.0458 e. The van der Waals surface area contributed by atoms with Gasteiger partial charge in [0.25, 0.3) is 0 Å². The molecule has 0 atom stereocenters. The van der Waals surface area contributed by atoms with Crippen LogP contribution in [0, 0.1) is 6.92 Å². The van der Waals surface area contributed by atoms with E-state index in [0.29, 0.717) is 0 Å². The quantitative estimate of drug-likeness (QED) is 0.689. The summed E-state index contributed by atoms with van der Waals surface area (Å²) in [6.45, 7) is 4.02. The lowest BCUT2D eigenvalue weighted by molar-refractivity contribution is 0.686. The Morgan fingerprint density at radius 2 is 1.77 bits per heavy atom. The van der Waals surface area contributed by atoms with Gasteiger partial charge < -0.3 is 10.3 Å². The van der Waals surface area contributed by atoms with Gasteiger partial charge in [-0.25, -0.2) is 0 Å². The van der Waals surface area contributed by atoms with Gasteiger partial charge >= 0.3 is 0 Å². The molecule has 1 aromatic carbocycles. The van der Waals surface area contributed by atoms with Crippen molar-refractivity contribution in [2.24, 2.45) is 0 Å². The molecule has 0 unspecified atom stereocenters. The van der Waals surface area contributed by atoms with Crippen LogP contribution >= 0.6 is 24.8 Å². The van der Waals surface area contributed by atoms with Crippen molar-refractivity contribution in [3.8, 4) is 0 Å². The Morgan fingerprint density at radius 3 is 2.55 bits per heavy atom. The summed E-state index contributed by atoms with van der Waals surface area (Å²) in [6, 6.07) is 12.6. The number of aromatic amines is 1. The smallest absolute Gasteiger partial charge is 0.0458 e. The number of fused-ring (bicyclic) bond motifs is 1. The predicted molar refractivity (Wildman–Crippen MR) is 97.2 cm³/mol. The third-order valence-electron chi connectivity index (χ3n) is 3.66. The van der Waals surface area contributed by atoms with Crippen LogP contribution in [0.15, 0.2) is 48.8 Å². The van der Waals surface area contributed by atoms with Gasteiger partial charge in [-0.05, 0) is 49.2 Å². The fourth-order valence-electron chi connectivity index (χ4n) is 2.60. The van der Waals surface area contributed by atoms with Gasteiger partial charge in [0.05, 0.1) is 0 Å². The highest BCUT2D eigenvalue weighted by Gasteiger charge is 2.06. The highest BCUT2D eigenvalue weighted by atomic mass is 35.5. The molecule has 0 amide bonds. The summed E-state index contributed by atoms with van der Waals surface area (Å²) in [7, 11) is 0. The second-order valence-electron chi connectivity index (χ2n) is 5.06. The molecule has 2 aromatic heterocycles. The van der Waals surface area contributed by atoms with Gasteiger partial charge in [0.15, 0.2) is 0 Å². The van der Waals surface area contributed by atoms with Crippen LogP contribution in [-0.4, -0.2) is 16.5 Å². The normalized spacial score (nSPS) is 10.0. The van der Waals surface area contributed by atoms with E-state index in [0.717, 1.165) is 19.5 Å². The molecule has 118 valence electrons. The molecular formula is C17H21Cl2N3. The van der Waals surface area contributed by atoms with Gasteiger partial charge in [-0.2, -0.15) is 0 Å². The highest BCUT2D eigenvalue weighted by molar-refractivity contribution is 5.86. The molecule has 0 aliphatic carbocycles. The van der Waals surface area contributed by atoms with Crippen molar-refractivity contribution in [2.75, 3.05) is 6.54 Å². The number of nitrogens with zero attached hydrogens (tertiary/aromatic N) is 1. The fourth-order valence-corrected chi connectivity index (χ4v) is 2.60. The minimum atomic E-state index is 0. The van der Waals surface area contributed by atoms with Gasteiger partial charge in [-0.15, -0.1) is 24.8 Å². The first-order chi connectivity index (χ1) is 9.84. The number of nitrogens with one attached hydrogen (secondary N) is 2. The van der Waals surface area contributed by atoms with Crippen molar-refractivity contribution in [3.63, 3.8) is 0 Å². The second kappa shape index (κ2) is 8.79. The summed E-state index contributed by atoms with van der Waals surface area (Å²) in [6.07, 6.45) is 4.71. The number of benzene rings is 1. The maximum atomic E-state index is 4.03. The lowest BCUT2D eigenvalue weighted by atomic mass is 10.1. The van der Waals surface area contributed by atoms with Crippen LogP contribution in [0.5, 0.6) is 0 Å². The van der Waals surface area contributed by atoms with E-state index in [2.05, 4.69) is 46.5 Å². The summed E-state index contributed by atoms with van der Waals surface area (Å²) < 4.78 is 0. The molecule has 22 heavy (non-hydrogen) atoms. The number of aryl methyl sites for hydroxylation is 1. The summed E-state index contributed by atoms with van der Waals surface area (Å²) >= 11 is 0. The number of halogens is 2. The molecule has 2 N–H and O–H groups in total. The monoisotopic (exact) mass is 337 g/mol. The molecular weight excluding hydrogens is 317 g/mol. The zero-order valence-corrected chi connectivity index (χ0v) is 14.1. The molecule has 0 aliphatic heterocycles. The largest absolute Gasteiger partial charge is 0.358 e. The molecule has 3 rings (SSSR count). The number of aromatic nitrogens is 2. The third kappa shape index (κ3) is 4.23. The van der Waals surface area contributed by atoms with Crippen molar-refractivity contribution in [2.45, 2.75) is 19.9 Å². The van der Waals surface area contributed by atoms with Crippen LogP contribution in [0.4, 0.5) is 0 Å². The first-order valence-electron chi connectivity index (χ1n) is 7.00. The van der Waals surface area contributed by atoms with E-state index in [4.69, 9.17) is 0 Å². The van der Waals surface area contributed by atoms with Crippen molar-refractivity contribution in [1.82, 2.24) is 15.3 Å². The van der Waals surface area contributed by atoms with Crippen LogP contribution in [0.1, 0.15) is 16.8 Å². The summed E-state index contributed by atoms with van der Waals surface area (Å²) in [5, 5.41) is 4.83. The number of pyridine rings is 1. The molecule has 0 saturated heterocycles. The van der Waals surface area contributed by atoms with E-state index < -0.39 is 0 Å². The van der Waals surface area contributed by atoms with Crippen LogP contribution in [0.3, 0.4) is 0 Å². The average Bonchev–Trinajstić information content (AvgIpc) is 2.80. The van der Waals surface area contributed by atoms with E-state index in [-0.39, 0.29) is 24.8 Å². The topological polar surface area (TPSA) is 40.7 Å². The summed E-state index contributed by atoms with van der Waals surface area (Å²) in [5.41, 5.74) is 5.20. The number of hydrogen-bond acceptors (Lipinski definition) is 2. The van der Waals surface area contributed by atoms with E-state index >= 15 is 0 Å². The lowest BCUT2D eigenvalue weighted by Gasteiger charge is -2.05. The van der Waals surface area contributed by atoms with Crippen LogP contribution in [-0.2, 0) is 13.0 Å². The number of rotatable bonds is 5. The average molecular weight is 338 g/mol. The minimum absolute atomic E-state index is 0. The number of H-pyrrole nitrogens is 1. The first kappa shape index (κ1) is 18.5. The third-order valence-corrected chi connectivity index (χ3v) is 3.66. The molecule has 3 aromatic rings. The molecule has 0 radical (unpaired) electrons. The van der Waals surface area contributed by atoms with E-state index in [9.17, 15) is 0 Å². The van der Waals surface area contributed by atoms with Crippen molar-refractivity contribution in [1.29, 1.82) is 0 Å². The van der Waals surface area contributed by atoms with Crippen molar-refractivity contribution in [3.05, 3.63) is 65.6 Å². The van der Waals surface area contributed by atoms with Gasteiger partial charge in [0, 0.05) is 35.5 Å². The molecule has 0 aliphatic rings. The van der Waals surface area contributed by atoms with E-state index in [1.54, 1.807) is 0 Å². The van der Waals surface area contributed by atoms with E-state index in [1.807, 2.05) is 24.5 Å². The standard InChI is InChI=1S/C17H19N3.2ClH/c1-13-15(16-4-2-3-5-17(16)20-13)8-11-19-12-14-6-9-18-10-7-14;;/h2-7,9-10,19-20H,8,11-12H2,1H3;2*1H. The van der Waals surface area contributed by atoms with Crippen molar-refractivity contribution >= 4 is 35.7 Å². The van der Waals surface area contributed by atoms with Crippen LogP contribution < -0.4 is 5.32 Å². The molecule has 0 saturated carbocycles. The minimum Gasteiger partial charge on any atom is -0.358 e. The fraction of sp³-hybridized carbons (Fsp3) is 0.235. The first-order valence-corrected chi connectivity index (χ1v) is 7.00. The Kier molecular flexibility index (Phi) is 7.39. The van der Waals surface area contributed by atoms with Crippen LogP contribution in [0.25, 0.3) is 10.9 Å². The summed E-state index contributed by atoms with van der Waals surface area (Å²) in [5.74, 6) is 0. The Balaban J connectivity index is 0.00000121. The Labute approximate surface area is 143 Å². The molecule has 0 spiro atoms. The Bertz CT molecular complexity index is 695. The molecule has 5 heteroatoms. The number of para-hydroxylation sites is 1. The zero-order chi connectivity index (χ0) is 13.8. The summed E-state index contributed by atoms with van der Waals surface area (Å²) in [4.78, 5) is 7.48. The second-order valence-corrected chi connectivity index (χ2v) is 5.06. The molecule has 3 nitrogen and oxygen atoms in total. The highest BCUT2D eigenvalue weighted by Crippen LogP contribution is 2.21. The van der Waals surface area contributed by atoms with Gasteiger partial charge in [-0.3, -0.25) is 4.98 Å². The van der Waals surface area contributed by atoms with E-state index in [1.165, 1.54) is 27.7 Å². The maximum absolute atomic E-state index is 4.03.